The van der Waals surface area contributed by atoms with Gasteiger partial charge < -0.3 is 5.32 Å². The summed E-state index contributed by atoms with van der Waals surface area (Å²) in [5.41, 5.74) is 0. The number of hydrogen-bond donors (Lipinski definition) is 1. The standard InChI is InChI=1S/C13H27NO/c1-9(2)7-12(8-13(15)14-6)11(5)10(3)4/h9-12H,7-8H2,1-6H3,(H,14,15)/t11-,12+/m0/s1. The van der Waals surface area contributed by atoms with E-state index in [1.54, 1.807) is 7.05 Å². The highest BCUT2D eigenvalue weighted by Gasteiger charge is 2.23. The van der Waals surface area contributed by atoms with E-state index in [0.717, 1.165) is 6.42 Å². The summed E-state index contributed by atoms with van der Waals surface area (Å²) in [6.07, 6.45) is 1.82. The monoisotopic (exact) mass is 213 g/mol. The molecule has 0 saturated heterocycles. The minimum absolute atomic E-state index is 0.174. The van der Waals surface area contributed by atoms with E-state index in [1.807, 2.05) is 0 Å². The Kier molecular flexibility index (Phi) is 6.62. The number of carbonyl (C=O) groups excluding carboxylic acids is 1. The molecule has 2 atom stereocenters. The van der Waals surface area contributed by atoms with Crippen molar-refractivity contribution < 1.29 is 4.79 Å². The van der Waals surface area contributed by atoms with Crippen molar-refractivity contribution in [2.24, 2.45) is 23.7 Å². The normalized spacial score (nSPS) is 15.5. The fourth-order valence-corrected chi connectivity index (χ4v) is 1.97. The van der Waals surface area contributed by atoms with Crippen LogP contribution in [0.4, 0.5) is 0 Å². The van der Waals surface area contributed by atoms with Gasteiger partial charge in [-0.25, -0.2) is 0 Å². The van der Waals surface area contributed by atoms with Crippen LogP contribution in [-0.2, 0) is 4.79 Å². The second-order valence-electron chi connectivity index (χ2n) is 5.37. The van der Waals surface area contributed by atoms with Crippen molar-refractivity contribution in [3.05, 3.63) is 0 Å². The quantitative estimate of drug-likeness (QED) is 0.722. The SMILES string of the molecule is CNC(=O)C[C@@H](CC(C)C)[C@@H](C)C(C)C. The summed E-state index contributed by atoms with van der Waals surface area (Å²) in [5, 5.41) is 2.72. The predicted octanol–water partition coefficient (Wildman–Crippen LogP) is 3.08. The van der Waals surface area contributed by atoms with Crippen LogP contribution in [0.25, 0.3) is 0 Å². The average Bonchev–Trinajstić information content (AvgIpc) is 2.14. The van der Waals surface area contributed by atoms with Crippen molar-refractivity contribution in [2.75, 3.05) is 7.05 Å². The van der Waals surface area contributed by atoms with E-state index >= 15 is 0 Å². The van der Waals surface area contributed by atoms with Crippen LogP contribution in [0.2, 0.25) is 0 Å². The van der Waals surface area contributed by atoms with Gasteiger partial charge >= 0.3 is 0 Å². The maximum Gasteiger partial charge on any atom is 0.220 e. The Labute approximate surface area is 94.8 Å². The molecule has 0 radical (unpaired) electrons. The fraction of sp³-hybridized carbons (Fsp3) is 0.923. The van der Waals surface area contributed by atoms with Crippen LogP contribution in [0.5, 0.6) is 0 Å². The molecule has 0 aromatic carbocycles. The third-order valence-corrected chi connectivity index (χ3v) is 3.30. The zero-order valence-corrected chi connectivity index (χ0v) is 11.1. The summed E-state index contributed by atoms with van der Waals surface area (Å²) in [6, 6.07) is 0. The van der Waals surface area contributed by atoms with Gasteiger partial charge in [-0.05, 0) is 30.1 Å². The summed E-state index contributed by atoms with van der Waals surface area (Å²) < 4.78 is 0. The van der Waals surface area contributed by atoms with Crippen molar-refractivity contribution in [1.29, 1.82) is 0 Å². The summed E-state index contributed by atoms with van der Waals surface area (Å²) in [5.74, 6) is 2.63. The highest BCUT2D eigenvalue weighted by molar-refractivity contribution is 5.75. The zero-order chi connectivity index (χ0) is 12.0. The van der Waals surface area contributed by atoms with E-state index in [2.05, 4.69) is 39.9 Å². The lowest BCUT2D eigenvalue weighted by Gasteiger charge is -2.27. The maximum absolute atomic E-state index is 11.4. The van der Waals surface area contributed by atoms with Crippen LogP contribution in [0.15, 0.2) is 0 Å². The van der Waals surface area contributed by atoms with E-state index in [-0.39, 0.29) is 5.91 Å². The molecule has 0 bridgehead atoms. The number of nitrogens with one attached hydrogen (secondary N) is 1. The van der Waals surface area contributed by atoms with E-state index in [9.17, 15) is 4.79 Å². The summed E-state index contributed by atoms with van der Waals surface area (Å²) in [4.78, 5) is 11.4. The van der Waals surface area contributed by atoms with E-state index in [1.165, 1.54) is 0 Å². The van der Waals surface area contributed by atoms with Gasteiger partial charge in [0.15, 0.2) is 0 Å². The van der Waals surface area contributed by atoms with Crippen LogP contribution in [0.3, 0.4) is 0 Å². The highest BCUT2D eigenvalue weighted by Crippen LogP contribution is 2.28. The molecule has 0 aromatic heterocycles. The Morgan fingerprint density at radius 2 is 1.67 bits per heavy atom. The van der Waals surface area contributed by atoms with Gasteiger partial charge in [0.25, 0.3) is 0 Å². The Bertz CT molecular complexity index is 187. The number of rotatable bonds is 6. The van der Waals surface area contributed by atoms with Crippen LogP contribution in [0, 0.1) is 23.7 Å². The molecule has 0 heterocycles. The minimum atomic E-state index is 0.174. The first-order valence-electron chi connectivity index (χ1n) is 6.09. The first kappa shape index (κ1) is 14.5. The number of carbonyl (C=O) groups is 1. The van der Waals surface area contributed by atoms with Crippen LogP contribution < -0.4 is 5.32 Å². The highest BCUT2D eigenvalue weighted by atomic mass is 16.1. The first-order valence-corrected chi connectivity index (χ1v) is 6.09. The summed E-state index contributed by atoms with van der Waals surface area (Å²) in [6.45, 7) is 11.2. The van der Waals surface area contributed by atoms with Gasteiger partial charge in [0.05, 0.1) is 0 Å². The lowest BCUT2D eigenvalue weighted by atomic mass is 9.78. The van der Waals surface area contributed by atoms with Crippen molar-refractivity contribution in [1.82, 2.24) is 5.32 Å². The van der Waals surface area contributed by atoms with Crippen LogP contribution >= 0.6 is 0 Å². The Morgan fingerprint density at radius 3 is 2.00 bits per heavy atom. The van der Waals surface area contributed by atoms with Crippen molar-refractivity contribution >= 4 is 5.91 Å². The average molecular weight is 213 g/mol. The van der Waals surface area contributed by atoms with E-state index in [4.69, 9.17) is 0 Å². The Hall–Kier alpha value is -0.530. The van der Waals surface area contributed by atoms with Gasteiger partial charge in [0.1, 0.15) is 0 Å². The Morgan fingerprint density at radius 1 is 1.13 bits per heavy atom. The fourth-order valence-electron chi connectivity index (χ4n) is 1.97. The molecule has 1 amide bonds. The minimum Gasteiger partial charge on any atom is -0.359 e. The van der Waals surface area contributed by atoms with Gasteiger partial charge in [-0.3, -0.25) is 4.79 Å². The molecule has 0 aliphatic carbocycles. The molecule has 0 saturated carbocycles. The topological polar surface area (TPSA) is 29.1 Å². The van der Waals surface area contributed by atoms with Gasteiger partial charge in [-0.15, -0.1) is 0 Å². The lowest BCUT2D eigenvalue weighted by Crippen LogP contribution is -2.27. The van der Waals surface area contributed by atoms with Crippen molar-refractivity contribution in [2.45, 2.75) is 47.5 Å². The zero-order valence-electron chi connectivity index (χ0n) is 11.1. The van der Waals surface area contributed by atoms with Gasteiger partial charge in [-0.1, -0.05) is 34.6 Å². The molecule has 0 unspecified atom stereocenters. The molecule has 2 nitrogen and oxygen atoms in total. The molecule has 0 aliphatic rings. The summed E-state index contributed by atoms with van der Waals surface area (Å²) >= 11 is 0. The predicted molar refractivity (Wildman–Crippen MR) is 65.6 cm³/mol. The maximum atomic E-state index is 11.4. The molecule has 1 N–H and O–H groups in total. The third kappa shape index (κ3) is 5.81. The smallest absolute Gasteiger partial charge is 0.220 e. The summed E-state index contributed by atoms with van der Waals surface area (Å²) in [7, 11) is 1.72. The number of hydrogen-bond acceptors (Lipinski definition) is 1. The second-order valence-corrected chi connectivity index (χ2v) is 5.37. The second kappa shape index (κ2) is 6.86. The van der Waals surface area contributed by atoms with Gasteiger partial charge in [-0.2, -0.15) is 0 Å². The number of amides is 1. The van der Waals surface area contributed by atoms with Crippen LogP contribution in [0.1, 0.15) is 47.5 Å². The molecular formula is C13H27NO. The van der Waals surface area contributed by atoms with Crippen molar-refractivity contribution in [3.8, 4) is 0 Å². The van der Waals surface area contributed by atoms with E-state index < -0.39 is 0 Å². The molecular weight excluding hydrogens is 186 g/mol. The molecule has 2 heteroatoms. The van der Waals surface area contributed by atoms with Gasteiger partial charge in [0.2, 0.25) is 5.91 Å². The van der Waals surface area contributed by atoms with Crippen LogP contribution in [-0.4, -0.2) is 13.0 Å². The molecule has 90 valence electrons. The molecule has 0 fully saturated rings. The van der Waals surface area contributed by atoms with Gasteiger partial charge in [0, 0.05) is 13.5 Å². The molecule has 15 heavy (non-hydrogen) atoms. The molecule has 0 rings (SSSR count). The molecule has 0 spiro atoms. The third-order valence-electron chi connectivity index (χ3n) is 3.30. The van der Waals surface area contributed by atoms with E-state index in [0.29, 0.717) is 30.1 Å². The lowest BCUT2D eigenvalue weighted by molar-refractivity contribution is -0.122. The molecule has 0 aromatic rings. The van der Waals surface area contributed by atoms with Crippen molar-refractivity contribution in [3.63, 3.8) is 0 Å². The largest absolute Gasteiger partial charge is 0.359 e. The Balaban J connectivity index is 4.36. The first-order chi connectivity index (χ1) is 6.88. The molecule has 0 aliphatic heterocycles.